The van der Waals surface area contributed by atoms with Crippen LogP contribution in [0.4, 0.5) is 0 Å². The molecule has 0 bridgehead atoms. The monoisotopic (exact) mass is 253 g/mol. The Balaban J connectivity index is 2.55. The molecule has 0 atom stereocenters. The van der Waals surface area contributed by atoms with Gasteiger partial charge in [0.2, 0.25) is 0 Å². The molecule has 19 heavy (non-hydrogen) atoms. The second kappa shape index (κ2) is 5.48. The maximum Gasteiger partial charge on any atom is 0.160 e. The molecule has 2 aromatic rings. The summed E-state index contributed by atoms with van der Waals surface area (Å²) in [6.07, 6.45) is 0. The number of hydrogen-bond donors (Lipinski definition) is 1. The third kappa shape index (κ3) is 2.71. The van der Waals surface area contributed by atoms with Gasteiger partial charge < -0.3 is 5.11 Å². The number of phenols is 1. The Hall–Kier alpha value is -2.42. The van der Waals surface area contributed by atoms with Crippen molar-refractivity contribution in [3.8, 4) is 5.75 Å². The van der Waals surface area contributed by atoms with Crippen molar-refractivity contribution in [3.05, 3.63) is 65.2 Å². The van der Waals surface area contributed by atoms with Crippen LogP contribution in [0.3, 0.4) is 0 Å². The summed E-state index contributed by atoms with van der Waals surface area (Å²) in [7, 11) is 1.69. The molecule has 0 amide bonds. The zero-order valence-corrected chi connectivity index (χ0v) is 10.9. The van der Waals surface area contributed by atoms with Crippen molar-refractivity contribution in [2.75, 3.05) is 7.05 Å². The highest BCUT2D eigenvalue weighted by Crippen LogP contribution is 2.18. The Morgan fingerprint density at radius 3 is 2.11 bits per heavy atom. The van der Waals surface area contributed by atoms with E-state index in [2.05, 4.69) is 4.99 Å². The van der Waals surface area contributed by atoms with E-state index in [-0.39, 0.29) is 11.5 Å². The van der Waals surface area contributed by atoms with Gasteiger partial charge in [-0.15, -0.1) is 0 Å². The molecule has 3 nitrogen and oxygen atoms in total. The number of aromatic hydroxyl groups is 1. The van der Waals surface area contributed by atoms with Crippen LogP contribution in [0.5, 0.6) is 5.75 Å². The summed E-state index contributed by atoms with van der Waals surface area (Å²) in [4.78, 5) is 16.0. The molecule has 0 spiro atoms. The van der Waals surface area contributed by atoms with Crippen molar-refractivity contribution >= 4 is 11.5 Å². The molecule has 96 valence electrons. The fraction of sp³-hybridized carbons (Fsp3) is 0.125. The Labute approximate surface area is 112 Å². The Bertz CT molecular complexity index is 627. The van der Waals surface area contributed by atoms with Gasteiger partial charge in [-0.05, 0) is 31.2 Å². The number of Topliss-reactive ketones (excluding diaryl/α,β-unsaturated/α-hetero) is 1. The lowest BCUT2D eigenvalue weighted by molar-refractivity contribution is 0.101. The predicted octanol–water partition coefficient (Wildman–Crippen LogP) is 3.06. The van der Waals surface area contributed by atoms with Gasteiger partial charge in [-0.1, -0.05) is 24.3 Å². The second-order valence-corrected chi connectivity index (χ2v) is 4.22. The maximum atomic E-state index is 11.7. The van der Waals surface area contributed by atoms with Gasteiger partial charge in [0.15, 0.2) is 5.78 Å². The zero-order valence-electron chi connectivity index (χ0n) is 10.9. The van der Waals surface area contributed by atoms with Crippen LogP contribution >= 0.6 is 0 Å². The topological polar surface area (TPSA) is 49.7 Å². The number of carbonyl (C=O) groups excluding carboxylic acids is 1. The number of phenolic OH excluding ortho intramolecular Hbond substituents is 1. The molecule has 0 saturated heterocycles. The van der Waals surface area contributed by atoms with Crippen LogP contribution in [0, 0.1) is 0 Å². The Morgan fingerprint density at radius 1 is 1.00 bits per heavy atom. The number of hydrogen-bond acceptors (Lipinski definition) is 3. The molecule has 1 N–H and O–H groups in total. The first-order chi connectivity index (χ1) is 9.13. The minimum absolute atomic E-state index is 0.00975. The average Bonchev–Trinajstić information content (AvgIpc) is 2.42. The lowest BCUT2D eigenvalue weighted by atomic mass is 9.95. The lowest BCUT2D eigenvalue weighted by Crippen LogP contribution is -2.09. The van der Waals surface area contributed by atoms with E-state index in [0.29, 0.717) is 5.56 Å². The van der Waals surface area contributed by atoms with Crippen molar-refractivity contribution in [2.24, 2.45) is 4.99 Å². The average molecular weight is 253 g/mol. The molecule has 0 radical (unpaired) electrons. The smallest absolute Gasteiger partial charge is 0.160 e. The van der Waals surface area contributed by atoms with Gasteiger partial charge in [0.1, 0.15) is 5.75 Å². The first-order valence-corrected chi connectivity index (χ1v) is 6.00. The van der Waals surface area contributed by atoms with Gasteiger partial charge in [0, 0.05) is 23.7 Å². The normalized spacial score (nSPS) is 11.4. The fourth-order valence-corrected chi connectivity index (χ4v) is 2.02. The summed E-state index contributed by atoms with van der Waals surface area (Å²) in [5.41, 5.74) is 3.07. The van der Waals surface area contributed by atoms with Crippen LogP contribution < -0.4 is 0 Å². The molecule has 0 aromatic heterocycles. The summed E-state index contributed by atoms with van der Waals surface area (Å²) in [6.45, 7) is 1.54. The third-order valence-corrected chi connectivity index (χ3v) is 2.93. The van der Waals surface area contributed by atoms with E-state index in [1.807, 2.05) is 18.2 Å². The number of aliphatic imine (C=N–C) groups is 1. The molecule has 0 aliphatic carbocycles. The largest absolute Gasteiger partial charge is 0.508 e. The SMILES string of the molecule is CN=C(c1ccc(O)cc1)c1ccccc1C(C)=O. The highest BCUT2D eigenvalue weighted by atomic mass is 16.3. The van der Waals surface area contributed by atoms with E-state index in [1.54, 1.807) is 44.3 Å². The van der Waals surface area contributed by atoms with E-state index < -0.39 is 0 Å². The van der Waals surface area contributed by atoms with E-state index in [4.69, 9.17) is 0 Å². The van der Waals surface area contributed by atoms with Crippen LogP contribution in [0.25, 0.3) is 0 Å². The second-order valence-electron chi connectivity index (χ2n) is 4.22. The molecule has 0 aliphatic heterocycles. The Kier molecular flexibility index (Phi) is 3.76. The van der Waals surface area contributed by atoms with Crippen LogP contribution in [-0.2, 0) is 0 Å². The number of carbonyl (C=O) groups is 1. The minimum atomic E-state index is 0.00975. The van der Waals surface area contributed by atoms with E-state index in [9.17, 15) is 9.90 Å². The molecule has 0 unspecified atom stereocenters. The van der Waals surface area contributed by atoms with Crippen molar-refractivity contribution < 1.29 is 9.90 Å². The van der Waals surface area contributed by atoms with Crippen molar-refractivity contribution in [3.63, 3.8) is 0 Å². The third-order valence-electron chi connectivity index (χ3n) is 2.93. The highest BCUT2D eigenvalue weighted by molar-refractivity contribution is 6.18. The molecule has 0 fully saturated rings. The molecule has 0 aliphatic rings. The molecular weight excluding hydrogens is 238 g/mol. The molecular formula is C16H15NO2. The van der Waals surface area contributed by atoms with Gasteiger partial charge >= 0.3 is 0 Å². The fourth-order valence-electron chi connectivity index (χ4n) is 2.02. The summed E-state index contributed by atoms with van der Waals surface area (Å²) < 4.78 is 0. The summed E-state index contributed by atoms with van der Waals surface area (Å²) >= 11 is 0. The summed E-state index contributed by atoms with van der Waals surface area (Å²) in [6, 6.07) is 14.2. The minimum Gasteiger partial charge on any atom is -0.508 e. The molecule has 0 saturated carbocycles. The molecule has 2 aromatic carbocycles. The first kappa shape index (κ1) is 13.0. The Morgan fingerprint density at radius 2 is 1.58 bits per heavy atom. The van der Waals surface area contributed by atoms with Gasteiger partial charge in [-0.2, -0.15) is 0 Å². The predicted molar refractivity (Wildman–Crippen MR) is 76.1 cm³/mol. The van der Waals surface area contributed by atoms with Crippen LogP contribution in [-0.4, -0.2) is 23.6 Å². The first-order valence-electron chi connectivity index (χ1n) is 6.00. The van der Waals surface area contributed by atoms with Crippen LogP contribution in [0.1, 0.15) is 28.4 Å². The van der Waals surface area contributed by atoms with Crippen molar-refractivity contribution in [1.82, 2.24) is 0 Å². The van der Waals surface area contributed by atoms with Crippen LogP contribution in [0.15, 0.2) is 53.5 Å². The quantitative estimate of drug-likeness (QED) is 0.675. The number of ketones is 1. The molecule has 3 heteroatoms. The number of nitrogens with zero attached hydrogens (tertiary/aromatic N) is 1. The maximum absolute atomic E-state index is 11.7. The van der Waals surface area contributed by atoms with E-state index >= 15 is 0 Å². The molecule has 0 heterocycles. The van der Waals surface area contributed by atoms with Crippen molar-refractivity contribution in [2.45, 2.75) is 6.92 Å². The van der Waals surface area contributed by atoms with Gasteiger partial charge in [0.05, 0.1) is 5.71 Å². The van der Waals surface area contributed by atoms with Gasteiger partial charge in [-0.3, -0.25) is 9.79 Å². The van der Waals surface area contributed by atoms with E-state index in [1.165, 1.54) is 0 Å². The summed E-state index contributed by atoms with van der Waals surface area (Å²) in [5, 5.41) is 9.33. The van der Waals surface area contributed by atoms with Gasteiger partial charge in [-0.25, -0.2) is 0 Å². The standard InChI is InChI=1S/C16H15NO2/c1-11(18)14-5-3-4-6-15(14)16(17-2)12-7-9-13(19)10-8-12/h3-10,19H,1-2H3. The zero-order chi connectivity index (χ0) is 13.8. The number of rotatable bonds is 3. The molecule has 2 rings (SSSR count). The lowest BCUT2D eigenvalue weighted by Gasteiger charge is -2.10. The van der Waals surface area contributed by atoms with Crippen LogP contribution in [0.2, 0.25) is 0 Å². The highest BCUT2D eigenvalue weighted by Gasteiger charge is 2.13. The summed E-state index contributed by atoms with van der Waals surface area (Å²) in [5.74, 6) is 0.217. The van der Waals surface area contributed by atoms with Gasteiger partial charge in [0.25, 0.3) is 0 Å². The van der Waals surface area contributed by atoms with E-state index in [0.717, 1.165) is 16.8 Å². The number of benzene rings is 2. The van der Waals surface area contributed by atoms with Crippen molar-refractivity contribution in [1.29, 1.82) is 0 Å².